The Kier molecular flexibility index (Phi) is 6.99. The number of rotatable bonds is 8. The molecular formula is C14H23N3O6. The second-order valence-corrected chi connectivity index (χ2v) is 5.64. The molecule has 1 heterocycles. The Bertz CT molecular complexity index is 489. The van der Waals surface area contributed by atoms with Crippen LogP contribution in [0.2, 0.25) is 0 Å². The normalized spacial score (nSPS) is 25.3. The minimum absolute atomic E-state index is 0.0896. The van der Waals surface area contributed by atoms with E-state index in [2.05, 4.69) is 16.6 Å². The Morgan fingerprint density at radius 2 is 1.96 bits per heavy atom. The molecule has 4 atom stereocenters. The van der Waals surface area contributed by atoms with Gasteiger partial charge in [0.1, 0.15) is 12.2 Å². The number of hydrogen-bond acceptors (Lipinski definition) is 7. The topological polar surface area (TPSA) is 134 Å². The van der Waals surface area contributed by atoms with Gasteiger partial charge in [-0.2, -0.15) is 0 Å². The number of aliphatic hydroxyl groups excluding tert-OH is 2. The second kappa shape index (κ2) is 8.28. The van der Waals surface area contributed by atoms with Crippen LogP contribution in [-0.4, -0.2) is 59.5 Å². The zero-order valence-electron chi connectivity index (χ0n) is 13.5. The van der Waals surface area contributed by atoms with Gasteiger partial charge >= 0.3 is 5.97 Å². The molecule has 1 fully saturated rings. The van der Waals surface area contributed by atoms with E-state index in [1.807, 2.05) is 0 Å². The molecule has 0 bridgehead atoms. The maximum atomic E-state index is 11.6. The van der Waals surface area contributed by atoms with Gasteiger partial charge in [-0.1, -0.05) is 11.7 Å². The third-order valence-electron chi connectivity index (χ3n) is 3.27. The van der Waals surface area contributed by atoms with E-state index >= 15 is 0 Å². The summed E-state index contributed by atoms with van der Waals surface area (Å²) < 4.78 is 16.0. The van der Waals surface area contributed by atoms with Crippen LogP contribution in [0.3, 0.4) is 0 Å². The molecule has 1 aliphatic rings. The molecule has 1 rings (SSSR count). The van der Waals surface area contributed by atoms with E-state index in [4.69, 9.17) is 19.7 Å². The minimum atomic E-state index is -1.15. The summed E-state index contributed by atoms with van der Waals surface area (Å²) in [6.45, 7) is 8.50. The van der Waals surface area contributed by atoms with E-state index in [1.165, 1.54) is 0 Å². The first-order chi connectivity index (χ1) is 10.7. The molecule has 0 saturated carbocycles. The van der Waals surface area contributed by atoms with Crippen molar-refractivity contribution in [2.24, 2.45) is 5.11 Å². The molecule has 130 valence electrons. The van der Waals surface area contributed by atoms with Crippen LogP contribution in [-0.2, 0) is 19.0 Å². The van der Waals surface area contributed by atoms with Crippen molar-refractivity contribution in [2.45, 2.75) is 57.4 Å². The SMILES string of the molecule is C=C(C[C@H](O)[C@H]1OC(C)(C)O[C@@H]1[C@H](O)CN=[N+]=[N-])C(=O)OCC. The van der Waals surface area contributed by atoms with Gasteiger partial charge < -0.3 is 24.4 Å². The number of carbonyl (C=O) groups is 1. The molecule has 0 aromatic rings. The van der Waals surface area contributed by atoms with Gasteiger partial charge in [-0.05, 0) is 26.3 Å². The quantitative estimate of drug-likeness (QED) is 0.225. The third kappa shape index (κ3) is 5.49. The first-order valence-electron chi connectivity index (χ1n) is 7.29. The fourth-order valence-electron chi connectivity index (χ4n) is 2.32. The van der Waals surface area contributed by atoms with Gasteiger partial charge in [-0.3, -0.25) is 0 Å². The second-order valence-electron chi connectivity index (χ2n) is 5.64. The van der Waals surface area contributed by atoms with Gasteiger partial charge in [-0.25, -0.2) is 4.79 Å². The molecule has 1 aliphatic heterocycles. The van der Waals surface area contributed by atoms with E-state index in [-0.39, 0.29) is 25.1 Å². The first kappa shape index (κ1) is 19.4. The monoisotopic (exact) mass is 329 g/mol. The molecule has 0 aromatic carbocycles. The number of nitrogens with zero attached hydrogens (tertiary/aromatic N) is 3. The van der Waals surface area contributed by atoms with Crippen LogP contribution in [0, 0.1) is 0 Å². The molecule has 1 saturated heterocycles. The zero-order chi connectivity index (χ0) is 17.6. The van der Waals surface area contributed by atoms with E-state index in [9.17, 15) is 15.0 Å². The fourth-order valence-corrected chi connectivity index (χ4v) is 2.32. The molecule has 9 heteroatoms. The number of ether oxygens (including phenoxy) is 3. The van der Waals surface area contributed by atoms with Crippen LogP contribution in [0.1, 0.15) is 27.2 Å². The largest absolute Gasteiger partial charge is 0.463 e. The summed E-state index contributed by atoms with van der Waals surface area (Å²) in [6, 6.07) is 0. The highest BCUT2D eigenvalue weighted by atomic mass is 16.8. The van der Waals surface area contributed by atoms with Crippen molar-refractivity contribution < 1.29 is 29.2 Å². The molecule has 0 unspecified atom stereocenters. The Labute approximate surface area is 134 Å². The van der Waals surface area contributed by atoms with Crippen LogP contribution in [0.15, 0.2) is 17.3 Å². The third-order valence-corrected chi connectivity index (χ3v) is 3.27. The highest BCUT2D eigenvalue weighted by Gasteiger charge is 2.47. The molecule has 0 radical (unpaired) electrons. The van der Waals surface area contributed by atoms with Crippen LogP contribution < -0.4 is 0 Å². The highest BCUT2D eigenvalue weighted by molar-refractivity contribution is 5.87. The van der Waals surface area contributed by atoms with Gasteiger partial charge in [0.05, 0.1) is 25.4 Å². The Morgan fingerprint density at radius 1 is 1.39 bits per heavy atom. The lowest BCUT2D eigenvalue weighted by atomic mass is 9.98. The molecule has 0 amide bonds. The molecule has 0 aromatic heterocycles. The van der Waals surface area contributed by atoms with Crippen LogP contribution >= 0.6 is 0 Å². The van der Waals surface area contributed by atoms with Gasteiger partial charge in [-0.15, -0.1) is 0 Å². The number of hydrogen-bond donors (Lipinski definition) is 2. The lowest BCUT2D eigenvalue weighted by Gasteiger charge is -2.25. The predicted octanol–water partition coefficient (Wildman–Crippen LogP) is 1.05. The summed E-state index contributed by atoms with van der Waals surface area (Å²) in [6.07, 6.45) is -4.18. The summed E-state index contributed by atoms with van der Waals surface area (Å²) in [7, 11) is 0. The van der Waals surface area contributed by atoms with Crippen LogP contribution in [0.25, 0.3) is 10.4 Å². The maximum absolute atomic E-state index is 11.6. The van der Waals surface area contributed by atoms with Crippen molar-refractivity contribution >= 4 is 5.97 Å². The van der Waals surface area contributed by atoms with E-state index in [1.54, 1.807) is 20.8 Å². The van der Waals surface area contributed by atoms with Gasteiger partial charge in [0.2, 0.25) is 0 Å². The molecule has 9 nitrogen and oxygen atoms in total. The smallest absolute Gasteiger partial charge is 0.333 e. The minimum Gasteiger partial charge on any atom is -0.463 e. The number of aliphatic hydroxyl groups is 2. The Hall–Kier alpha value is -1.64. The summed E-state index contributed by atoms with van der Waals surface area (Å²) >= 11 is 0. The van der Waals surface area contributed by atoms with E-state index < -0.39 is 36.2 Å². The number of esters is 1. The molecule has 2 N–H and O–H groups in total. The average molecular weight is 329 g/mol. The lowest BCUT2D eigenvalue weighted by molar-refractivity contribution is -0.160. The van der Waals surface area contributed by atoms with Crippen molar-refractivity contribution in [3.63, 3.8) is 0 Å². The zero-order valence-corrected chi connectivity index (χ0v) is 13.5. The van der Waals surface area contributed by atoms with Crippen LogP contribution in [0.5, 0.6) is 0 Å². The summed E-state index contributed by atoms with van der Waals surface area (Å²) in [5.74, 6) is -1.63. The van der Waals surface area contributed by atoms with Crippen LogP contribution in [0.4, 0.5) is 0 Å². The van der Waals surface area contributed by atoms with Crippen molar-refractivity contribution in [2.75, 3.05) is 13.2 Å². The van der Waals surface area contributed by atoms with Crippen molar-refractivity contribution in [3.8, 4) is 0 Å². The number of azide groups is 1. The average Bonchev–Trinajstić information content (AvgIpc) is 2.81. The molecule has 0 spiro atoms. The van der Waals surface area contributed by atoms with Crippen molar-refractivity contribution in [3.05, 3.63) is 22.6 Å². The maximum Gasteiger partial charge on any atom is 0.333 e. The Morgan fingerprint density at radius 3 is 2.48 bits per heavy atom. The van der Waals surface area contributed by atoms with Gasteiger partial charge in [0.25, 0.3) is 0 Å². The molecular weight excluding hydrogens is 306 g/mol. The van der Waals surface area contributed by atoms with Crippen molar-refractivity contribution in [1.29, 1.82) is 0 Å². The molecule has 0 aliphatic carbocycles. The Balaban J connectivity index is 2.78. The first-order valence-corrected chi connectivity index (χ1v) is 7.29. The van der Waals surface area contributed by atoms with Gasteiger partial charge in [0.15, 0.2) is 5.79 Å². The van der Waals surface area contributed by atoms with E-state index in [0.29, 0.717) is 0 Å². The summed E-state index contributed by atoms with van der Waals surface area (Å²) in [5.41, 5.74) is 8.42. The van der Waals surface area contributed by atoms with Gasteiger partial charge in [0, 0.05) is 16.9 Å². The predicted molar refractivity (Wildman–Crippen MR) is 80.2 cm³/mol. The molecule has 23 heavy (non-hydrogen) atoms. The fraction of sp³-hybridized carbons (Fsp3) is 0.786. The lowest BCUT2D eigenvalue weighted by Crippen LogP contribution is -2.43. The van der Waals surface area contributed by atoms with Crippen molar-refractivity contribution in [1.82, 2.24) is 0 Å². The highest BCUT2D eigenvalue weighted by Crippen LogP contribution is 2.33. The summed E-state index contributed by atoms with van der Waals surface area (Å²) in [5, 5.41) is 23.7. The number of carbonyl (C=O) groups excluding carboxylic acids is 1. The summed E-state index contributed by atoms with van der Waals surface area (Å²) in [4.78, 5) is 14.1. The van der Waals surface area contributed by atoms with E-state index in [0.717, 1.165) is 0 Å². The standard InChI is InChI=1S/C14H23N3O6/c1-5-21-13(20)8(2)6-9(18)11-12(10(19)7-16-17-15)23-14(3,4)22-11/h9-12,18-19H,2,5-7H2,1,3-4H3/t9-,10+,11+,12+/m0/s1.